The topological polar surface area (TPSA) is 32.3 Å². The van der Waals surface area contributed by atoms with Crippen LogP contribution in [0, 0.1) is 0 Å². The molecule has 1 fully saturated rings. The van der Waals surface area contributed by atoms with E-state index in [0.29, 0.717) is 5.56 Å². The molecule has 1 aromatic rings. The Bertz CT molecular complexity index is 358. The molecular formula is C12H15ClN2O. The van der Waals surface area contributed by atoms with Crippen LogP contribution in [-0.2, 0) is 6.54 Å². The van der Waals surface area contributed by atoms with E-state index in [4.69, 9.17) is 11.6 Å². The second-order valence-corrected chi connectivity index (χ2v) is 4.34. The van der Waals surface area contributed by atoms with E-state index >= 15 is 0 Å². The quantitative estimate of drug-likeness (QED) is 0.810. The number of hydrogen-bond acceptors (Lipinski definition) is 3. The smallest absolute Gasteiger partial charge is 0.252 e. The Balaban J connectivity index is 1.96. The van der Waals surface area contributed by atoms with E-state index < -0.39 is 5.24 Å². The molecule has 0 aliphatic carbocycles. The summed E-state index contributed by atoms with van der Waals surface area (Å²) in [6.07, 6.45) is 0. The molecular weight excluding hydrogens is 224 g/mol. The van der Waals surface area contributed by atoms with Crippen LogP contribution in [0.5, 0.6) is 0 Å². The molecule has 0 amide bonds. The fourth-order valence-electron chi connectivity index (χ4n) is 1.87. The van der Waals surface area contributed by atoms with Crippen molar-refractivity contribution in [3.05, 3.63) is 35.4 Å². The highest BCUT2D eigenvalue weighted by Crippen LogP contribution is 2.09. The number of carbonyl (C=O) groups is 1. The maximum absolute atomic E-state index is 10.9. The van der Waals surface area contributed by atoms with Gasteiger partial charge in [0.25, 0.3) is 5.24 Å². The predicted molar refractivity (Wildman–Crippen MR) is 64.8 cm³/mol. The molecule has 0 unspecified atom stereocenters. The van der Waals surface area contributed by atoms with Crippen molar-refractivity contribution in [2.24, 2.45) is 0 Å². The lowest BCUT2D eigenvalue weighted by Gasteiger charge is -2.27. The molecule has 2 rings (SSSR count). The highest BCUT2D eigenvalue weighted by molar-refractivity contribution is 6.67. The maximum Gasteiger partial charge on any atom is 0.252 e. The zero-order valence-electron chi connectivity index (χ0n) is 9.08. The average Bonchev–Trinajstić information content (AvgIpc) is 2.31. The first-order chi connectivity index (χ1) is 7.75. The number of nitrogens with zero attached hydrogens (tertiary/aromatic N) is 1. The monoisotopic (exact) mass is 238 g/mol. The van der Waals surface area contributed by atoms with Crippen LogP contribution < -0.4 is 5.32 Å². The first-order valence-corrected chi connectivity index (χ1v) is 5.85. The van der Waals surface area contributed by atoms with Gasteiger partial charge in [-0.3, -0.25) is 9.69 Å². The van der Waals surface area contributed by atoms with Gasteiger partial charge in [-0.2, -0.15) is 0 Å². The third-order valence-electron chi connectivity index (χ3n) is 2.80. The number of benzene rings is 1. The van der Waals surface area contributed by atoms with E-state index in [-0.39, 0.29) is 0 Å². The van der Waals surface area contributed by atoms with Gasteiger partial charge in [0, 0.05) is 38.3 Å². The fraction of sp³-hybridized carbons (Fsp3) is 0.417. The molecule has 4 heteroatoms. The lowest BCUT2D eigenvalue weighted by Crippen LogP contribution is -2.42. The van der Waals surface area contributed by atoms with Crippen molar-refractivity contribution in [3.8, 4) is 0 Å². The average molecular weight is 239 g/mol. The minimum atomic E-state index is -0.395. The summed E-state index contributed by atoms with van der Waals surface area (Å²) in [6.45, 7) is 5.21. The van der Waals surface area contributed by atoms with Crippen LogP contribution in [0.15, 0.2) is 24.3 Å². The first kappa shape index (κ1) is 11.6. The zero-order chi connectivity index (χ0) is 11.4. The molecule has 1 saturated heterocycles. The number of carbonyl (C=O) groups excluding carboxylic acids is 1. The number of piperazine rings is 1. The van der Waals surface area contributed by atoms with E-state index in [0.717, 1.165) is 32.7 Å². The van der Waals surface area contributed by atoms with Gasteiger partial charge in [0.15, 0.2) is 0 Å². The summed E-state index contributed by atoms with van der Waals surface area (Å²) in [7, 11) is 0. The van der Waals surface area contributed by atoms with Crippen LogP contribution in [0.2, 0.25) is 0 Å². The van der Waals surface area contributed by atoms with Crippen molar-refractivity contribution in [2.45, 2.75) is 6.54 Å². The van der Waals surface area contributed by atoms with Gasteiger partial charge in [0.2, 0.25) is 0 Å². The minimum absolute atomic E-state index is 0.395. The van der Waals surface area contributed by atoms with Crippen LogP contribution in [0.1, 0.15) is 15.9 Å². The molecule has 1 heterocycles. The molecule has 1 N–H and O–H groups in total. The SMILES string of the molecule is O=C(Cl)c1ccc(CN2CCNCC2)cc1. The lowest BCUT2D eigenvalue weighted by atomic mass is 10.1. The normalized spacial score (nSPS) is 17.3. The maximum atomic E-state index is 10.9. The number of nitrogens with one attached hydrogen (secondary N) is 1. The van der Waals surface area contributed by atoms with Crippen LogP contribution in [0.25, 0.3) is 0 Å². The summed E-state index contributed by atoms with van der Waals surface area (Å²) in [4.78, 5) is 13.3. The molecule has 0 radical (unpaired) electrons. The Kier molecular flexibility index (Phi) is 3.93. The summed E-state index contributed by atoms with van der Waals surface area (Å²) in [5, 5.41) is 2.93. The van der Waals surface area contributed by atoms with Crippen LogP contribution in [0.3, 0.4) is 0 Å². The predicted octanol–water partition coefficient (Wildman–Crippen LogP) is 1.47. The van der Waals surface area contributed by atoms with Gasteiger partial charge in [0.1, 0.15) is 0 Å². The number of hydrogen-bond donors (Lipinski definition) is 1. The molecule has 0 saturated carbocycles. The van der Waals surface area contributed by atoms with Gasteiger partial charge in [-0.15, -0.1) is 0 Å². The zero-order valence-corrected chi connectivity index (χ0v) is 9.83. The van der Waals surface area contributed by atoms with Gasteiger partial charge in [-0.1, -0.05) is 12.1 Å². The van der Waals surface area contributed by atoms with Crippen molar-refractivity contribution < 1.29 is 4.79 Å². The third-order valence-corrected chi connectivity index (χ3v) is 3.01. The Hall–Kier alpha value is -0.900. The molecule has 0 atom stereocenters. The van der Waals surface area contributed by atoms with Crippen LogP contribution in [-0.4, -0.2) is 36.3 Å². The van der Waals surface area contributed by atoms with E-state index in [1.807, 2.05) is 12.1 Å². The Labute approximate surface area is 100 Å². The van der Waals surface area contributed by atoms with Gasteiger partial charge in [0.05, 0.1) is 0 Å². The minimum Gasteiger partial charge on any atom is -0.314 e. The summed E-state index contributed by atoms with van der Waals surface area (Å²) in [6, 6.07) is 7.51. The van der Waals surface area contributed by atoms with Gasteiger partial charge in [-0.05, 0) is 29.3 Å². The Morgan fingerprint density at radius 2 is 1.88 bits per heavy atom. The lowest BCUT2D eigenvalue weighted by molar-refractivity contribution is 0.108. The fourth-order valence-corrected chi connectivity index (χ4v) is 1.99. The van der Waals surface area contributed by atoms with E-state index in [2.05, 4.69) is 10.2 Å². The summed E-state index contributed by atoms with van der Waals surface area (Å²) < 4.78 is 0. The number of halogens is 1. The van der Waals surface area contributed by atoms with Crippen molar-refractivity contribution >= 4 is 16.8 Å². The van der Waals surface area contributed by atoms with Crippen molar-refractivity contribution in [2.75, 3.05) is 26.2 Å². The highest BCUT2D eigenvalue weighted by Gasteiger charge is 2.09. The second kappa shape index (κ2) is 5.43. The van der Waals surface area contributed by atoms with Crippen molar-refractivity contribution in [3.63, 3.8) is 0 Å². The standard InChI is InChI=1S/C12H15ClN2O/c13-12(16)11-3-1-10(2-4-11)9-15-7-5-14-6-8-15/h1-4,14H,5-9H2. The van der Waals surface area contributed by atoms with Gasteiger partial charge < -0.3 is 5.32 Å². The second-order valence-electron chi connectivity index (χ2n) is 4.00. The summed E-state index contributed by atoms with van der Waals surface area (Å²) >= 11 is 5.39. The molecule has 0 aromatic heterocycles. The van der Waals surface area contributed by atoms with Gasteiger partial charge in [-0.25, -0.2) is 0 Å². The van der Waals surface area contributed by atoms with Gasteiger partial charge >= 0.3 is 0 Å². The van der Waals surface area contributed by atoms with E-state index in [1.165, 1.54) is 5.56 Å². The van der Waals surface area contributed by atoms with Crippen LogP contribution >= 0.6 is 11.6 Å². The molecule has 1 aromatic carbocycles. The first-order valence-electron chi connectivity index (χ1n) is 5.47. The van der Waals surface area contributed by atoms with E-state index in [9.17, 15) is 4.79 Å². The van der Waals surface area contributed by atoms with Crippen molar-refractivity contribution in [1.29, 1.82) is 0 Å². The third kappa shape index (κ3) is 3.04. The van der Waals surface area contributed by atoms with Crippen molar-refractivity contribution in [1.82, 2.24) is 10.2 Å². The molecule has 1 aliphatic heterocycles. The molecule has 86 valence electrons. The molecule has 16 heavy (non-hydrogen) atoms. The molecule has 3 nitrogen and oxygen atoms in total. The summed E-state index contributed by atoms with van der Waals surface area (Å²) in [5.41, 5.74) is 1.79. The highest BCUT2D eigenvalue weighted by atomic mass is 35.5. The summed E-state index contributed by atoms with van der Waals surface area (Å²) in [5.74, 6) is 0. The molecule has 0 spiro atoms. The molecule has 1 aliphatic rings. The largest absolute Gasteiger partial charge is 0.314 e. The molecule has 0 bridgehead atoms. The Morgan fingerprint density at radius 1 is 1.25 bits per heavy atom. The number of rotatable bonds is 3. The Morgan fingerprint density at radius 3 is 2.44 bits per heavy atom. The van der Waals surface area contributed by atoms with E-state index in [1.54, 1.807) is 12.1 Å². The van der Waals surface area contributed by atoms with Crippen LogP contribution in [0.4, 0.5) is 0 Å².